The van der Waals surface area contributed by atoms with E-state index in [-0.39, 0.29) is 12.0 Å². The first-order chi connectivity index (χ1) is 16.0. The Labute approximate surface area is 196 Å². The van der Waals surface area contributed by atoms with Crippen LogP contribution in [0, 0.1) is 5.92 Å². The van der Waals surface area contributed by atoms with Gasteiger partial charge in [0, 0.05) is 30.7 Å². The Kier molecular flexibility index (Phi) is 7.73. The van der Waals surface area contributed by atoms with Crippen LogP contribution in [-0.2, 0) is 4.79 Å². The maximum Gasteiger partial charge on any atom is 0.306 e. The summed E-state index contributed by atoms with van der Waals surface area (Å²) in [6.07, 6.45) is 11.3. The topological polar surface area (TPSA) is 103 Å². The molecule has 1 aliphatic carbocycles. The number of rotatable bonds is 9. The van der Waals surface area contributed by atoms with Crippen LogP contribution in [-0.4, -0.2) is 56.0 Å². The molecule has 1 atom stereocenters. The minimum Gasteiger partial charge on any atom is -0.481 e. The fourth-order valence-corrected chi connectivity index (χ4v) is 5.34. The number of nitrogens with zero attached hydrogens (tertiary/aromatic N) is 4. The number of aliphatic hydroxyl groups is 1. The predicted octanol–water partition coefficient (Wildman–Crippen LogP) is 4.43. The molecular formula is C25H39N5O3. The number of piperidine rings is 1. The first-order valence-corrected chi connectivity index (χ1v) is 12.8. The molecule has 0 unspecified atom stereocenters. The van der Waals surface area contributed by atoms with Gasteiger partial charge in [-0.3, -0.25) is 4.79 Å². The maximum atomic E-state index is 11.4. The van der Waals surface area contributed by atoms with Gasteiger partial charge in [0.1, 0.15) is 5.52 Å². The molecule has 2 aliphatic rings. The Morgan fingerprint density at radius 1 is 1.18 bits per heavy atom. The van der Waals surface area contributed by atoms with Crippen LogP contribution in [0.25, 0.3) is 5.52 Å². The highest BCUT2D eigenvalue weighted by Gasteiger charge is 2.29. The number of carboxylic acid groups (broad SMARTS) is 1. The molecule has 0 aromatic carbocycles. The van der Waals surface area contributed by atoms with E-state index in [0.29, 0.717) is 30.7 Å². The predicted molar refractivity (Wildman–Crippen MR) is 130 cm³/mol. The SMILES string of the molecule is CCCCC[C@H](C)Nc1ncc2c(N3CCC(C(=O)O)CC3)cc([C@H]3CC[C@H](O)CC3)n2n1. The molecule has 4 rings (SSSR count). The summed E-state index contributed by atoms with van der Waals surface area (Å²) in [5.41, 5.74) is 3.26. The summed E-state index contributed by atoms with van der Waals surface area (Å²) < 4.78 is 2.05. The van der Waals surface area contributed by atoms with E-state index in [2.05, 4.69) is 39.6 Å². The monoisotopic (exact) mass is 457 g/mol. The Balaban J connectivity index is 1.60. The highest BCUT2D eigenvalue weighted by molar-refractivity contribution is 5.76. The third-order valence-electron chi connectivity index (χ3n) is 7.44. The van der Waals surface area contributed by atoms with Crippen molar-refractivity contribution < 1.29 is 15.0 Å². The van der Waals surface area contributed by atoms with Crippen molar-refractivity contribution in [2.45, 2.75) is 96.1 Å². The van der Waals surface area contributed by atoms with Crippen molar-refractivity contribution in [2.75, 3.05) is 23.3 Å². The molecule has 1 saturated carbocycles. The van der Waals surface area contributed by atoms with E-state index < -0.39 is 5.97 Å². The van der Waals surface area contributed by atoms with E-state index in [9.17, 15) is 15.0 Å². The van der Waals surface area contributed by atoms with Gasteiger partial charge in [0.15, 0.2) is 0 Å². The van der Waals surface area contributed by atoms with Crippen molar-refractivity contribution >= 4 is 23.1 Å². The smallest absolute Gasteiger partial charge is 0.306 e. The van der Waals surface area contributed by atoms with Crippen LogP contribution in [0.4, 0.5) is 11.6 Å². The lowest BCUT2D eigenvalue weighted by molar-refractivity contribution is -0.142. The molecule has 8 nitrogen and oxygen atoms in total. The zero-order chi connectivity index (χ0) is 23.4. The summed E-state index contributed by atoms with van der Waals surface area (Å²) in [6.45, 7) is 5.86. The van der Waals surface area contributed by atoms with E-state index in [1.807, 2.05) is 6.20 Å². The molecule has 2 aromatic heterocycles. The third kappa shape index (κ3) is 5.60. The van der Waals surface area contributed by atoms with E-state index in [1.54, 1.807) is 0 Å². The van der Waals surface area contributed by atoms with Gasteiger partial charge in [-0.15, -0.1) is 5.10 Å². The Hall–Kier alpha value is -2.35. The van der Waals surface area contributed by atoms with Crippen molar-refractivity contribution in [1.29, 1.82) is 0 Å². The number of aliphatic carboxylic acids is 1. The molecule has 1 saturated heterocycles. The molecule has 3 heterocycles. The fraction of sp³-hybridized carbons (Fsp3) is 0.720. The number of hydrogen-bond acceptors (Lipinski definition) is 6. The van der Waals surface area contributed by atoms with Crippen LogP contribution < -0.4 is 10.2 Å². The second kappa shape index (κ2) is 10.7. The number of carboxylic acids is 1. The number of anilines is 2. The number of nitrogens with one attached hydrogen (secondary N) is 1. The van der Waals surface area contributed by atoms with E-state index in [0.717, 1.165) is 56.4 Å². The normalized spacial score (nSPS) is 23.1. The van der Waals surface area contributed by atoms with Crippen LogP contribution in [0.2, 0.25) is 0 Å². The molecule has 2 aromatic rings. The van der Waals surface area contributed by atoms with Crippen LogP contribution in [0.15, 0.2) is 12.3 Å². The number of carbonyl (C=O) groups is 1. The molecule has 0 bridgehead atoms. The summed E-state index contributed by atoms with van der Waals surface area (Å²) in [4.78, 5) is 18.3. The van der Waals surface area contributed by atoms with Gasteiger partial charge < -0.3 is 20.4 Å². The number of aliphatic hydroxyl groups excluding tert-OH is 1. The van der Waals surface area contributed by atoms with Gasteiger partial charge in [0.2, 0.25) is 5.95 Å². The van der Waals surface area contributed by atoms with Gasteiger partial charge >= 0.3 is 5.97 Å². The number of hydrogen-bond donors (Lipinski definition) is 3. The molecule has 0 amide bonds. The van der Waals surface area contributed by atoms with Crippen molar-refractivity contribution in [3.05, 3.63) is 18.0 Å². The summed E-state index contributed by atoms with van der Waals surface area (Å²) >= 11 is 0. The Morgan fingerprint density at radius 2 is 1.91 bits per heavy atom. The minimum absolute atomic E-state index is 0.196. The van der Waals surface area contributed by atoms with Crippen LogP contribution in [0.5, 0.6) is 0 Å². The van der Waals surface area contributed by atoms with Crippen LogP contribution >= 0.6 is 0 Å². The molecule has 0 radical (unpaired) electrons. The molecule has 0 spiro atoms. The lowest BCUT2D eigenvalue weighted by atomic mass is 9.85. The first kappa shape index (κ1) is 23.8. The van der Waals surface area contributed by atoms with Crippen LogP contribution in [0.1, 0.15) is 89.7 Å². The van der Waals surface area contributed by atoms with Gasteiger partial charge in [0.05, 0.1) is 23.9 Å². The molecule has 1 aliphatic heterocycles. The Bertz CT molecular complexity index is 930. The minimum atomic E-state index is -0.690. The lowest BCUT2D eigenvalue weighted by Crippen LogP contribution is -2.36. The highest BCUT2D eigenvalue weighted by Crippen LogP contribution is 2.38. The summed E-state index contributed by atoms with van der Waals surface area (Å²) in [5.74, 6) is 0.0619. The number of unbranched alkanes of at least 4 members (excludes halogenated alkanes) is 2. The number of fused-ring (bicyclic) bond motifs is 1. The van der Waals surface area contributed by atoms with E-state index >= 15 is 0 Å². The van der Waals surface area contributed by atoms with Crippen molar-refractivity contribution in [1.82, 2.24) is 14.6 Å². The molecule has 3 N–H and O–H groups in total. The zero-order valence-electron chi connectivity index (χ0n) is 20.0. The van der Waals surface area contributed by atoms with E-state index in [1.165, 1.54) is 25.0 Å². The van der Waals surface area contributed by atoms with Gasteiger partial charge in [-0.1, -0.05) is 26.2 Å². The highest BCUT2D eigenvalue weighted by atomic mass is 16.4. The van der Waals surface area contributed by atoms with Gasteiger partial charge in [-0.25, -0.2) is 9.50 Å². The number of aromatic nitrogens is 3. The standard InChI is InChI=1S/C25H39N5O3/c1-3-4-5-6-17(2)27-25-26-16-23-22(29-13-11-19(12-14-29)24(32)33)15-21(30(23)28-25)18-7-9-20(31)10-8-18/h15-20,31H,3-14H2,1-2H3,(H,27,28)(H,32,33)/t17-,18-,20-/m0/s1. The molecule has 8 heteroatoms. The van der Waals surface area contributed by atoms with Crippen LogP contribution in [0.3, 0.4) is 0 Å². The van der Waals surface area contributed by atoms with Gasteiger partial charge in [-0.2, -0.15) is 0 Å². The van der Waals surface area contributed by atoms with Gasteiger partial charge in [-0.05, 0) is 57.9 Å². The second-order valence-corrected chi connectivity index (χ2v) is 9.98. The zero-order valence-corrected chi connectivity index (χ0v) is 20.0. The molecular weight excluding hydrogens is 418 g/mol. The molecule has 2 fully saturated rings. The average molecular weight is 458 g/mol. The molecule has 182 valence electrons. The molecule has 33 heavy (non-hydrogen) atoms. The van der Waals surface area contributed by atoms with Crippen molar-refractivity contribution in [2.24, 2.45) is 5.92 Å². The quantitative estimate of drug-likeness (QED) is 0.479. The van der Waals surface area contributed by atoms with Crippen molar-refractivity contribution in [3.8, 4) is 0 Å². The fourth-order valence-electron chi connectivity index (χ4n) is 5.34. The summed E-state index contributed by atoms with van der Waals surface area (Å²) in [5, 5.41) is 27.7. The summed E-state index contributed by atoms with van der Waals surface area (Å²) in [6, 6.07) is 2.55. The third-order valence-corrected chi connectivity index (χ3v) is 7.44. The second-order valence-electron chi connectivity index (χ2n) is 9.98. The Morgan fingerprint density at radius 3 is 2.58 bits per heavy atom. The average Bonchev–Trinajstić information content (AvgIpc) is 3.18. The van der Waals surface area contributed by atoms with Crippen molar-refractivity contribution in [3.63, 3.8) is 0 Å². The van der Waals surface area contributed by atoms with E-state index in [4.69, 9.17) is 5.10 Å². The lowest BCUT2D eigenvalue weighted by Gasteiger charge is -2.31. The van der Waals surface area contributed by atoms with Gasteiger partial charge in [0.25, 0.3) is 0 Å². The summed E-state index contributed by atoms with van der Waals surface area (Å²) in [7, 11) is 0. The first-order valence-electron chi connectivity index (χ1n) is 12.8. The largest absolute Gasteiger partial charge is 0.481 e. The maximum absolute atomic E-state index is 11.4.